The van der Waals surface area contributed by atoms with E-state index in [1.165, 1.54) is 0 Å². The molecular weight excluding hydrogens is 374 g/mol. The van der Waals surface area contributed by atoms with Crippen molar-refractivity contribution in [2.45, 2.75) is 33.8 Å². The molecule has 0 bridgehead atoms. The quantitative estimate of drug-likeness (QED) is 0.493. The summed E-state index contributed by atoms with van der Waals surface area (Å²) in [5.41, 5.74) is 6.59. The Bertz CT molecular complexity index is 1210. The van der Waals surface area contributed by atoms with Crippen LogP contribution < -0.4 is 10.1 Å². The molecule has 0 aliphatic heterocycles. The SMILES string of the molecule is Cc1cc(C)cc(OC(C)C(=O)Nc2ccccc2-c2cn3cccc(C)c3n2)c1. The average molecular weight is 399 g/mol. The van der Waals surface area contributed by atoms with Crippen LogP contribution in [0.25, 0.3) is 16.9 Å². The lowest BCUT2D eigenvalue weighted by molar-refractivity contribution is -0.122. The number of carbonyl (C=O) groups is 1. The largest absolute Gasteiger partial charge is 0.481 e. The maximum absolute atomic E-state index is 12.8. The minimum Gasteiger partial charge on any atom is -0.481 e. The highest BCUT2D eigenvalue weighted by Gasteiger charge is 2.18. The highest BCUT2D eigenvalue weighted by Crippen LogP contribution is 2.28. The van der Waals surface area contributed by atoms with Crippen LogP contribution in [0.3, 0.4) is 0 Å². The van der Waals surface area contributed by atoms with Crippen LogP contribution in [0, 0.1) is 20.8 Å². The summed E-state index contributed by atoms with van der Waals surface area (Å²) in [6.07, 6.45) is 3.31. The summed E-state index contributed by atoms with van der Waals surface area (Å²) in [5.74, 6) is 0.487. The first kappa shape index (κ1) is 19.7. The van der Waals surface area contributed by atoms with Crippen molar-refractivity contribution in [2.75, 3.05) is 5.32 Å². The van der Waals surface area contributed by atoms with E-state index in [0.29, 0.717) is 11.4 Å². The molecule has 0 aliphatic rings. The van der Waals surface area contributed by atoms with Crippen molar-refractivity contribution >= 4 is 17.2 Å². The van der Waals surface area contributed by atoms with Crippen molar-refractivity contribution in [1.82, 2.24) is 9.38 Å². The molecule has 1 N–H and O–H groups in total. The number of para-hydroxylation sites is 1. The summed E-state index contributed by atoms with van der Waals surface area (Å²) in [5, 5.41) is 3.00. The van der Waals surface area contributed by atoms with Gasteiger partial charge in [0.15, 0.2) is 6.10 Å². The van der Waals surface area contributed by atoms with Crippen molar-refractivity contribution in [1.29, 1.82) is 0 Å². The van der Waals surface area contributed by atoms with Crippen LogP contribution in [0.2, 0.25) is 0 Å². The van der Waals surface area contributed by atoms with Gasteiger partial charge >= 0.3 is 0 Å². The first-order chi connectivity index (χ1) is 14.4. The van der Waals surface area contributed by atoms with Gasteiger partial charge in [-0.1, -0.05) is 30.3 Å². The molecule has 4 rings (SSSR count). The van der Waals surface area contributed by atoms with Crippen LogP contribution >= 0.6 is 0 Å². The van der Waals surface area contributed by atoms with E-state index in [4.69, 9.17) is 9.72 Å². The second-order valence-corrected chi connectivity index (χ2v) is 7.67. The van der Waals surface area contributed by atoms with E-state index in [1.54, 1.807) is 6.92 Å². The number of anilines is 1. The molecule has 0 fully saturated rings. The standard InChI is InChI=1S/C25H25N3O2/c1-16-12-17(2)14-20(13-16)30-19(4)25(29)27-22-10-6-5-9-21(22)23-15-28-11-7-8-18(3)24(28)26-23/h5-15,19H,1-4H3,(H,27,29). The predicted octanol–water partition coefficient (Wildman–Crippen LogP) is 5.33. The number of pyridine rings is 1. The van der Waals surface area contributed by atoms with Crippen molar-refractivity contribution < 1.29 is 9.53 Å². The number of hydrogen-bond acceptors (Lipinski definition) is 3. The average Bonchev–Trinajstić information content (AvgIpc) is 3.13. The molecule has 1 unspecified atom stereocenters. The summed E-state index contributed by atoms with van der Waals surface area (Å²) in [6, 6.07) is 17.7. The molecule has 2 heterocycles. The van der Waals surface area contributed by atoms with Gasteiger partial charge in [0.1, 0.15) is 11.4 Å². The fraction of sp³-hybridized carbons (Fsp3) is 0.200. The van der Waals surface area contributed by atoms with Gasteiger partial charge in [-0.25, -0.2) is 4.98 Å². The number of imidazole rings is 1. The second kappa shape index (κ2) is 8.03. The van der Waals surface area contributed by atoms with E-state index >= 15 is 0 Å². The number of nitrogens with one attached hydrogen (secondary N) is 1. The molecule has 1 amide bonds. The normalized spacial score (nSPS) is 12.0. The monoisotopic (exact) mass is 399 g/mol. The Morgan fingerprint density at radius 2 is 1.77 bits per heavy atom. The molecule has 0 aliphatic carbocycles. The summed E-state index contributed by atoms with van der Waals surface area (Å²) >= 11 is 0. The van der Waals surface area contributed by atoms with Crippen molar-refractivity contribution in [3.8, 4) is 17.0 Å². The maximum Gasteiger partial charge on any atom is 0.265 e. The Balaban J connectivity index is 1.57. The van der Waals surface area contributed by atoms with Gasteiger partial charge in [0.25, 0.3) is 5.91 Å². The molecule has 152 valence electrons. The highest BCUT2D eigenvalue weighted by atomic mass is 16.5. The number of fused-ring (bicyclic) bond motifs is 1. The Kier molecular flexibility index (Phi) is 5.27. The van der Waals surface area contributed by atoms with E-state index in [-0.39, 0.29) is 5.91 Å². The van der Waals surface area contributed by atoms with Crippen LogP contribution in [0.1, 0.15) is 23.6 Å². The smallest absolute Gasteiger partial charge is 0.265 e. The maximum atomic E-state index is 12.8. The summed E-state index contributed by atoms with van der Waals surface area (Å²) in [4.78, 5) is 17.6. The van der Waals surface area contributed by atoms with Gasteiger partial charge in [-0.2, -0.15) is 0 Å². The third-order valence-electron chi connectivity index (χ3n) is 5.02. The molecule has 5 nitrogen and oxygen atoms in total. The van der Waals surface area contributed by atoms with Crippen LogP contribution in [-0.2, 0) is 4.79 Å². The van der Waals surface area contributed by atoms with E-state index < -0.39 is 6.10 Å². The molecule has 5 heteroatoms. The summed E-state index contributed by atoms with van der Waals surface area (Å²) in [6.45, 7) is 7.81. The van der Waals surface area contributed by atoms with Crippen LogP contribution in [0.5, 0.6) is 5.75 Å². The molecule has 0 spiro atoms. The lowest BCUT2D eigenvalue weighted by Gasteiger charge is -2.17. The molecule has 0 saturated carbocycles. The molecule has 4 aromatic rings. The van der Waals surface area contributed by atoms with Crippen molar-refractivity contribution in [2.24, 2.45) is 0 Å². The second-order valence-electron chi connectivity index (χ2n) is 7.67. The number of aromatic nitrogens is 2. The third kappa shape index (κ3) is 4.06. The lowest BCUT2D eigenvalue weighted by atomic mass is 10.1. The van der Waals surface area contributed by atoms with Crippen LogP contribution in [0.4, 0.5) is 5.69 Å². The number of carbonyl (C=O) groups excluding carboxylic acids is 1. The number of aryl methyl sites for hydroxylation is 3. The minimum absolute atomic E-state index is 0.207. The highest BCUT2D eigenvalue weighted by molar-refractivity contribution is 5.97. The number of hydrogen-bond donors (Lipinski definition) is 1. The summed E-state index contributed by atoms with van der Waals surface area (Å²) < 4.78 is 7.88. The minimum atomic E-state index is -0.637. The topological polar surface area (TPSA) is 55.6 Å². The zero-order valence-corrected chi connectivity index (χ0v) is 17.6. The number of nitrogens with zero attached hydrogens (tertiary/aromatic N) is 2. The van der Waals surface area contributed by atoms with E-state index in [0.717, 1.165) is 33.6 Å². The molecule has 2 aromatic carbocycles. The number of benzene rings is 2. The van der Waals surface area contributed by atoms with Gasteiger partial charge in [0, 0.05) is 18.0 Å². The Hall–Kier alpha value is -3.60. The fourth-order valence-corrected chi connectivity index (χ4v) is 3.59. The van der Waals surface area contributed by atoms with Crippen molar-refractivity contribution in [3.05, 3.63) is 83.7 Å². The van der Waals surface area contributed by atoms with Gasteiger partial charge in [-0.15, -0.1) is 0 Å². The van der Waals surface area contributed by atoms with Gasteiger partial charge in [0.05, 0.1) is 11.4 Å². The van der Waals surface area contributed by atoms with Gasteiger partial charge in [-0.3, -0.25) is 4.79 Å². The Morgan fingerprint density at radius 1 is 1.03 bits per heavy atom. The van der Waals surface area contributed by atoms with E-state index in [9.17, 15) is 4.79 Å². The first-order valence-corrected chi connectivity index (χ1v) is 10.0. The lowest BCUT2D eigenvalue weighted by Crippen LogP contribution is -2.30. The molecule has 30 heavy (non-hydrogen) atoms. The fourth-order valence-electron chi connectivity index (χ4n) is 3.59. The Labute approximate surface area is 176 Å². The zero-order chi connectivity index (χ0) is 21.3. The van der Waals surface area contributed by atoms with E-state index in [1.807, 2.05) is 86.1 Å². The third-order valence-corrected chi connectivity index (χ3v) is 5.02. The number of rotatable bonds is 5. The van der Waals surface area contributed by atoms with Crippen LogP contribution in [-0.4, -0.2) is 21.4 Å². The molecular formula is C25H25N3O2. The van der Waals surface area contributed by atoms with Crippen molar-refractivity contribution in [3.63, 3.8) is 0 Å². The zero-order valence-electron chi connectivity index (χ0n) is 17.6. The number of amides is 1. The Morgan fingerprint density at radius 3 is 2.50 bits per heavy atom. The van der Waals surface area contributed by atoms with Gasteiger partial charge in [0.2, 0.25) is 0 Å². The van der Waals surface area contributed by atoms with Crippen LogP contribution in [0.15, 0.2) is 67.0 Å². The predicted molar refractivity (Wildman–Crippen MR) is 120 cm³/mol. The number of ether oxygens (including phenoxy) is 1. The van der Waals surface area contributed by atoms with Gasteiger partial charge in [-0.05, 0) is 68.7 Å². The van der Waals surface area contributed by atoms with Gasteiger partial charge < -0.3 is 14.5 Å². The molecule has 2 aromatic heterocycles. The molecule has 0 saturated heterocycles. The molecule has 0 radical (unpaired) electrons. The molecule has 1 atom stereocenters. The van der Waals surface area contributed by atoms with E-state index in [2.05, 4.69) is 11.4 Å². The first-order valence-electron chi connectivity index (χ1n) is 10.0. The summed E-state index contributed by atoms with van der Waals surface area (Å²) in [7, 11) is 0.